The third kappa shape index (κ3) is 7.08. The molecule has 1 aliphatic heterocycles. The molecule has 1 aromatic carbocycles. The van der Waals surface area contributed by atoms with E-state index in [1.165, 1.54) is 25.7 Å². The number of halogens is 1. The summed E-state index contributed by atoms with van der Waals surface area (Å²) in [5, 5.41) is 2.86. The van der Waals surface area contributed by atoms with Crippen molar-refractivity contribution < 1.29 is 13.2 Å². The molecule has 1 saturated heterocycles. The molecule has 1 aromatic rings. The van der Waals surface area contributed by atoms with Gasteiger partial charge in [0, 0.05) is 23.6 Å². The Morgan fingerprint density at radius 2 is 2.00 bits per heavy atom. The predicted octanol–water partition coefficient (Wildman–Crippen LogP) is 2.99. The monoisotopic (exact) mass is 459 g/mol. The van der Waals surface area contributed by atoms with Crippen LogP contribution >= 0.6 is 15.9 Å². The molecule has 1 fully saturated rings. The highest BCUT2D eigenvalue weighted by Crippen LogP contribution is 2.21. The van der Waals surface area contributed by atoms with E-state index in [2.05, 4.69) is 33.1 Å². The number of hydrogen-bond acceptors (Lipinski definition) is 4. The lowest BCUT2D eigenvalue weighted by atomic mass is 10.00. The summed E-state index contributed by atoms with van der Waals surface area (Å²) in [5.41, 5.74) is 0.481. The number of rotatable bonds is 9. The van der Waals surface area contributed by atoms with Crippen molar-refractivity contribution in [3.63, 3.8) is 0 Å². The Bertz CT molecular complexity index is 709. The van der Waals surface area contributed by atoms with Gasteiger partial charge in [-0.2, -0.15) is 0 Å². The van der Waals surface area contributed by atoms with Crippen molar-refractivity contribution in [3.05, 3.63) is 28.7 Å². The zero-order valence-corrected chi connectivity index (χ0v) is 18.6. The molecule has 1 unspecified atom stereocenters. The van der Waals surface area contributed by atoms with Gasteiger partial charge in [0.05, 0.1) is 11.9 Å². The summed E-state index contributed by atoms with van der Waals surface area (Å²) in [6, 6.07) is 7.54. The molecule has 0 spiro atoms. The van der Waals surface area contributed by atoms with Crippen molar-refractivity contribution in [2.45, 2.75) is 45.1 Å². The van der Waals surface area contributed by atoms with E-state index in [1.807, 2.05) is 0 Å². The molecule has 0 aliphatic carbocycles. The van der Waals surface area contributed by atoms with Gasteiger partial charge in [-0.05, 0) is 56.5 Å². The lowest BCUT2D eigenvalue weighted by Crippen LogP contribution is -2.42. The first-order chi connectivity index (χ1) is 12.8. The van der Waals surface area contributed by atoms with Gasteiger partial charge in [-0.3, -0.25) is 9.10 Å². The summed E-state index contributed by atoms with van der Waals surface area (Å²) >= 11 is 3.33. The fourth-order valence-electron chi connectivity index (χ4n) is 3.52. The van der Waals surface area contributed by atoms with Crippen LogP contribution in [0.1, 0.15) is 39.0 Å². The Morgan fingerprint density at radius 3 is 2.63 bits per heavy atom. The van der Waals surface area contributed by atoms with E-state index < -0.39 is 10.0 Å². The van der Waals surface area contributed by atoms with Gasteiger partial charge in [-0.1, -0.05) is 29.3 Å². The van der Waals surface area contributed by atoms with Crippen LogP contribution in [0, 0.1) is 0 Å². The molecule has 0 bridgehead atoms. The molecular formula is C19H30BrN3O3S. The van der Waals surface area contributed by atoms with E-state index >= 15 is 0 Å². The number of nitrogens with zero attached hydrogens (tertiary/aromatic N) is 2. The summed E-state index contributed by atoms with van der Waals surface area (Å²) < 4.78 is 26.2. The molecule has 152 valence electrons. The number of benzene rings is 1. The summed E-state index contributed by atoms with van der Waals surface area (Å²) in [4.78, 5) is 14.8. The van der Waals surface area contributed by atoms with Crippen LogP contribution in [0.25, 0.3) is 0 Å². The zero-order chi connectivity index (χ0) is 19.9. The highest BCUT2D eigenvalue weighted by molar-refractivity contribution is 9.10. The van der Waals surface area contributed by atoms with E-state index in [0.29, 0.717) is 18.3 Å². The van der Waals surface area contributed by atoms with Crippen molar-refractivity contribution in [1.82, 2.24) is 10.2 Å². The van der Waals surface area contributed by atoms with Crippen LogP contribution in [0.5, 0.6) is 0 Å². The Hall–Kier alpha value is -1.12. The number of carbonyl (C=O) groups excluding carboxylic acids is 1. The number of amides is 1. The van der Waals surface area contributed by atoms with Crippen LogP contribution in [0.15, 0.2) is 28.7 Å². The summed E-state index contributed by atoms with van der Waals surface area (Å²) in [7, 11) is -3.54. The third-order valence-corrected chi connectivity index (χ3v) is 6.64. The van der Waals surface area contributed by atoms with Crippen molar-refractivity contribution in [3.8, 4) is 0 Å². The van der Waals surface area contributed by atoms with Crippen LogP contribution < -0.4 is 9.62 Å². The lowest BCUT2D eigenvalue weighted by molar-refractivity contribution is -0.119. The van der Waals surface area contributed by atoms with Crippen molar-refractivity contribution >= 4 is 37.5 Å². The van der Waals surface area contributed by atoms with Crippen molar-refractivity contribution in [2.24, 2.45) is 0 Å². The second-order valence-corrected chi connectivity index (χ2v) is 9.87. The first-order valence-electron chi connectivity index (χ1n) is 9.55. The Morgan fingerprint density at radius 1 is 1.30 bits per heavy atom. The summed E-state index contributed by atoms with van der Waals surface area (Å²) in [5.74, 6) is -0.283. The number of likely N-dealkylation sites (tertiary alicyclic amines) is 1. The Kier molecular flexibility index (Phi) is 8.57. The molecule has 1 atom stereocenters. The molecule has 6 nitrogen and oxygen atoms in total. The minimum Gasteiger partial charge on any atom is -0.354 e. The van der Waals surface area contributed by atoms with Gasteiger partial charge in [0.2, 0.25) is 15.9 Å². The number of hydrogen-bond donors (Lipinski definition) is 1. The molecule has 1 heterocycles. The molecule has 1 amide bonds. The quantitative estimate of drug-likeness (QED) is 0.576. The highest BCUT2D eigenvalue weighted by Gasteiger charge is 2.22. The van der Waals surface area contributed by atoms with Crippen LogP contribution in [0.4, 0.5) is 5.69 Å². The fourth-order valence-corrected chi connectivity index (χ4v) is 4.64. The topological polar surface area (TPSA) is 69.7 Å². The van der Waals surface area contributed by atoms with Crippen LogP contribution in [-0.4, -0.2) is 57.7 Å². The van der Waals surface area contributed by atoms with Gasteiger partial charge in [0.25, 0.3) is 0 Å². The Balaban J connectivity index is 1.82. The summed E-state index contributed by atoms with van der Waals surface area (Å²) in [6.45, 7) is 4.69. The van der Waals surface area contributed by atoms with E-state index in [4.69, 9.17) is 0 Å². The van der Waals surface area contributed by atoms with Crippen LogP contribution in [-0.2, 0) is 14.8 Å². The molecule has 27 heavy (non-hydrogen) atoms. The highest BCUT2D eigenvalue weighted by atomic mass is 79.9. The molecule has 1 N–H and O–H groups in total. The van der Waals surface area contributed by atoms with Gasteiger partial charge in [-0.15, -0.1) is 0 Å². The largest absolute Gasteiger partial charge is 0.354 e. The van der Waals surface area contributed by atoms with Crippen LogP contribution in [0.3, 0.4) is 0 Å². The van der Waals surface area contributed by atoms with E-state index in [9.17, 15) is 13.2 Å². The molecule has 2 rings (SSSR count). The van der Waals surface area contributed by atoms with E-state index in [1.54, 1.807) is 24.3 Å². The SMILES string of the molecule is CCC1CCCCN1CCCNC(=O)CN(c1ccc(Br)cc1)S(C)(=O)=O. The average molecular weight is 460 g/mol. The molecule has 0 aromatic heterocycles. The van der Waals surface area contributed by atoms with Crippen molar-refractivity contribution in [1.29, 1.82) is 0 Å². The second-order valence-electron chi connectivity index (χ2n) is 7.04. The molecular weight excluding hydrogens is 430 g/mol. The maximum absolute atomic E-state index is 12.3. The average Bonchev–Trinajstić information content (AvgIpc) is 2.63. The lowest BCUT2D eigenvalue weighted by Gasteiger charge is -2.35. The number of nitrogens with one attached hydrogen (secondary N) is 1. The minimum absolute atomic E-state index is 0.207. The van der Waals surface area contributed by atoms with Crippen LogP contribution in [0.2, 0.25) is 0 Å². The third-order valence-electron chi connectivity index (χ3n) is 4.97. The minimum atomic E-state index is -3.54. The summed E-state index contributed by atoms with van der Waals surface area (Å²) in [6.07, 6.45) is 6.98. The number of piperidine rings is 1. The zero-order valence-electron chi connectivity index (χ0n) is 16.2. The number of carbonyl (C=O) groups is 1. The van der Waals surface area contributed by atoms with Gasteiger partial charge in [0.1, 0.15) is 6.54 Å². The number of sulfonamides is 1. The first kappa shape index (κ1) is 22.2. The van der Waals surface area contributed by atoms with E-state index in [-0.39, 0.29) is 12.5 Å². The standard InChI is InChI=1S/C19H30BrN3O3S/c1-3-17-7-4-5-13-22(17)14-6-12-21-19(24)15-23(27(2,25)26)18-10-8-16(20)9-11-18/h8-11,17H,3-7,12-15H2,1-2H3,(H,21,24). The predicted molar refractivity (Wildman–Crippen MR) is 113 cm³/mol. The molecule has 1 aliphatic rings. The first-order valence-corrected chi connectivity index (χ1v) is 12.2. The van der Waals surface area contributed by atoms with Gasteiger partial charge < -0.3 is 10.2 Å². The maximum atomic E-state index is 12.3. The normalized spacial score (nSPS) is 18.3. The van der Waals surface area contributed by atoms with Gasteiger partial charge >= 0.3 is 0 Å². The Labute approximate surface area is 171 Å². The van der Waals surface area contributed by atoms with E-state index in [0.717, 1.165) is 34.5 Å². The van der Waals surface area contributed by atoms with Gasteiger partial charge in [0.15, 0.2) is 0 Å². The smallest absolute Gasteiger partial charge is 0.240 e. The van der Waals surface area contributed by atoms with Crippen molar-refractivity contribution in [2.75, 3.05) is 36.7 Å². The molecule has 0 saturated carbocycles. The number of anilines is 1. The molecule has 0 radical (unpaired) electrons. The molecule has 8 heteroatoms. The second kappa shape index (κ2) is 10.4. The fraction of sp³-hybridized carbons (Fsp3) is 0.632. The van der Waals surface area contributed by atoms with Gasteiger partial charge in [-0.25, -0.2) is 8.42 Å². The maximum Gasteiger partial charge on any atom is 0.240 e.